The summed E-state index contributed by atoms with van der Waals surface area (Å²) in [7, 11) is 0. The van der Waals surface area contributed by atoms with E-state index in [4.69, 9.17) is 5.73 Å². The lowest BCUT2D eigenvalue weighted by Gasteiger charge is -2.31. The van der Waals surface area contributed by atoms with Gasteiger partial charge in [-0.1, -0.05) is 115 Å². The van der Waals surface area contributed by atoms with Crippen LogP contribution in [-0.4, -0.2) is 15.8 Å². The van der Waals surface area contributed by atoms with Gasteiger partial charge >= 0.3 is 0 Å². The number of nitrogens with two attached hydrogens (primary N) is 1. The Bertz CT molecular complexity index is 2500. The van der Waals surface area contributed by atoms with E-state index in [1.54, 1.807) is 0 Å². The summed E-state index contributed by atoms with van der Waals surface area (Å²) < 4.78 is 4.96. The van der Waals surface area contributed by atoms with Crippen molar-refractivity contribution in [1.29, 1.82) is 0 Å². The highest BCUT2D eigenvalue weighted by molar-refractivity contribution is 6.25. The number of nitrogens with one attached hydrogen (secondary N) is 2. The number of allylic oxidation sites excluding steroid dienone is 3. The van der Waals surface area contributed by atoms with Crippen LogP contribution in [0.25, 0.3) is 60.1 Å². The monoisotopic (exact) mass is 623 g/mol. The van der Waals surface area contributed by atoms with Crippen LogP contribution >= 0.6 is 0 Å². The molecule has 2 aromatic heterocycles. The largest absolute Gasteiger partial charge is 0.320 e. The Morgan fingerprint density at radius 1 is 0.646 bits per heavy atom. The summed E-state index contributed by atoms with van der Waals surface area (Å²) in [6, 6.07) is 48.3. The maximum absolute atomic E-state index is 6.14. The van der Waals surface area contributed by atoms with Crippen LogP contribution in [-0.2, 0) is 0 Å². The lowest BCUT2D eigenvalue weighted by Crippen LogP contribution is -2.41. The van der Waals surface area contributed by atoms with Gasteiger partial charge in [0.15, 0.2) is 0 Å². The van der Waals surface area contributed by atoms with Crippen molar-refractivity contribution >= 4 is 54.4 Å². The highest BCUT2D eigenvalue weighted by Crippen LogP contribution is 2.43. The third-order valence-corrected chi connectivity index (χ3v) is 9.93. The molecule has 0 saturated heterocycles. The summed E-state index contributed by atoms with van der Waals surface area (Å²) in [5, 5.41) is 15.1. The zero-order chi connectivity index (χ0) is 32.0. The number of rotatable bonds is 8. The predicted molar refractivity (Wildman–Crippen MR) is 201 cm³/mol. The molecule has 1 aliphatic carbocycles. The minimum absolute atomic E-state index is 0.116. The maximum Gasteiger partial charge on any atom is 0.108 e. The Morgan fingerprint density at radius 2 is 1.40 bits per heavy atom. The first-order valence-electron chi connectivity index (χ1n) is 16.8. The minimum atomic E-state index is -0.143. The van der Waals surface area contributed by atoms with Crippen molar-refractivity contribution in [2.75, 3.05) is 6.67 Å². The first-order valence-corrected chi connectivity index (χ1v) is 16.8. The van der Waals surface area contributed by atoms with E-state index in [-0.39, 0.29) is 12.3 Å². The third-order valence-electron chi connectivity index (χ3n) is 9.93. The topological polar surface area (TPSA) is 59.9 Å². The fourth-order valence-corrected chi connectivity index (χ4v) is 7.80. The molecule has 0 aliphatic heterocycles. The summed E-state index contributed by atoms with van der Waals surface area (Å²) >= 11 is 0. The van der Waals surface area contributed by atoms with Crippen molar-refractivity contribution in [3.05, 3.63) is 163 Å². The number of hydrogen-bond donors (Lipinski definition) is 3. The maximum atomic E-state index is 6.14. The lowest BCUT2D eigenvalue weighted by atomic mass is 10.0. The van der Waals surface area contributed by atoms with Crippen molar-refractivity contribution in [2.45, 2.75) is 25.2 Å². The van der Waals surface area contributed by atoms with Crippen molar-refractivity contribution < 1.29 is 0 Å². The molecule has 48 heavy (non-hydrogen) atoms. The fourth-order valence-electron chi connectivity index (χ4n) is 7.80. The van der Waals surface area contributed by atoms with Crippen LogP contribution < -0.4 is 16.4 Å². The standard InChI is InChI=1S/C43H37N5/c44-28-45-42(30-15-4-1-5-16-30)46-43(31-17-6-2-7-18-31)48-37-23-13-12-22-34(37)35-26-36-40(27-39(35)48)47(32-19-8-3-9-20-32)38-25-24-29-14-10-11-21-33(29)41(36)38/h1-6,8-17,19-27,42-43,45-46H,7,18,28,44H2. The molecule has 8 aromatic rings. The van der Waals surface area contributed by atoms with E-state index in [9.17, 15) is 0 Å². The zero-order valence-electron chi connectivity index (χ0n) is 26.7. The van der Waals surface area contributed by atoms with Gasteiger partial charge in [-0.05, 0) is 71.1 Å². The first-order chi connectivity index (χ1) is 23.8. The minimum Gasteiger partial charge on any atom is -0.320 e. The van der Waals surface area contributed by atoms with Crippen molar-refractivity contribution in [2.24, 2.45) is 5.73 Å². The van der Waals surface area contributed by atoms with E-state index in [0.29, 0.717) is 6.67 Å². The summed E-state index contributed by atoms with van der Waals surface area (Å²) in [6.45, 7) is 0.358. The van der Waals surface area contributed by atoms with Crippen LogP contribution in [0.4, 0.5) is 0 Å². The van der Waals surface area contributed by atoms with Gasteiger partial charge < -0.3 is 14.9 Å². The Morgan fingerprint density at radius 3 is 2.19 bits per heavy atom. The Balaban J connectivity index is 1.38. The van der Waals surface area contributed by atoms with Gasteiger partial charge in [-0.3, -0.25) is 10.6 Å². The summed E-state index contributed by atoms with van der Waals surface area (Å²) in [6.07, 6.45) is 8.48. The van der Waals surface area contributed by atoms with E-state index >= 15 is 0 Å². The molecular weight excluding hydrogens is 587 g/mol. The molecule has 234 valence electrons. The molecule has 0 saturated carbocycles. The second-order valence-electron chi connectivity index (χ2n) is 12.7. The molecule has 0 fully saturated rings. The predicted octanol–water partition coefficient (Wildman–Crippen LogP) is 9.61. The summed E-state index contributed by atoms with van der Waals surface area (Å²) in [5.41, 5.74) is 14.6. The molecule has 0 spiro atoms. The average molecular weight is 624 g/mol. The van der Waals surface area contributed by atoms with Gasteiger partial charge in [-0.15, -0.1) is 0 Å². The van der Waals surface area contributed by atoms with Crippen LogP contribution in [0.5, 0.6) is 0 Å². The van der Waals surface area contributed by atoms with Crippen LogP contribution in [0.3, 0.4) is 0 Å². The highest BCUT2D eigenvalue weighted by Gasteiger charge is 2.27. The molecule has 0 radical (unpaired) electrons. The van der Waals surface area contributed by atoms with E-state index in [1.165, 1.54) is 60.0 Å². The number of fused-ring (bicyclic) bond motifs is 8. The second-order valence-corrected chi connectivity index (χ2v) is 12.7. The molecule has 5 heteroatoms. The van der Waals surface area contributed by atoms with Crippen LogP contribution in [0.1, 0.15) is 30.7 Å². The molecule has 6 aromatic carbocycles. The van der Waals surface area contributed by atoms with Gasteiger partial charge in [0.2, 0.25) is 0 Å². The number of aromatic nitrogens is 2. The zero-order valence-corrected chi connectivity index (χ0v) is 26.7. The van der Waals surface area contributed by atoms with Gasteiger partial charge in [0.25, 0.3) is 0 Å². The van der Waals surface area contributed by atoms with Gasteiger partial charge in [0, 0.05) is 33.9 Å². The molecule has 0 bridgehead atoms. The lowest BCUT2D eigenvalue weighted by molar-refractivity contribution is 0.355. The third kappa shape index (κ3) is 4.67. The molecule has 2 heterocycles. The number of nitrogens with zero attached hydrogens (tertiary/aromatic N) is 2. The Labute approximate surface area is 279 Å². The number of benzene rings is 6. The van der Waals surface area contributed by atoms with E-state index in [1.807, 2.05) is 0 Å². The number of para-hydroxylation sites is 2. The second kappa shape index (κ2) is 12.0. The van der Waals surface area contributed by atoms with Crippen LogP contribution in [0.2, 0.25) is 0 Å². The van der Waals surface area contributed by atoms with Gasteiger partial charge in [-0.25, -0.2) is 0 Å². The Hall–Kier alpha value is -5.46. The van der Waals surface area contributed by atoms with Crippen LogP contribution in [0.15, 0.2) is 157 Å². The quantitative estimate of drug-likeness (QED) is 0.148. The number of hydrogen-bond acceptors (Lipinski definition) is 3. The first kappa shape index (κ1) is 28.7. The molecule has 2 unspecified atom stereocenters. The van der Waals surface area contributed by atoms with Crippen molar-refractivity contribution in [1.82, 2.24) is 19.8 Å². The van der Waals surface area contributed by atoms with Gasteiger partial charge in [0.05, 0.1) is 28.2 Å². The van der Waals surface area contributed by atoms with E-state index < -0.39 is 0 Å². The van der Waals surface area contributed by atoms with Gasteiger partial charge in [-0.2, -0.15) is 0 Å². The molecule has 1 aliphatic rings. The van der Waals surface area contributed by atoms with Crippen LogP contribution in [0, 0.1) is 0 Å². The molecular formula is C43H37N5. The van der Waals surface area contributed by atoms with Crippen molar-refractivity contribution in [3.8, 4) is 5.69 Å². The Kier molecular flexibility index (Phi) is 7.16. The molecule has 2 atom stereocenters. The van der Waals surface area contributed by atoms with Crippen molar-refractivity contribution in [3.63, 3.8) is 0 Å². The summed E-state index contributed by atoms with van der Waals surface area (Å²) in [4.78, 5) is 0. The smallest absolute Gasteiger partial charge is 0.108 e. The average Bonchev–Trinajstić information content (AvgIpc) is 3.65. The van der Waals surface area contributed by atoms with Gasteiger partial charge in [0.1, 0.15) is 6.17 Å². The fraction of sp³-hybridized carbons (Fsp3) is 0.116. The summed E-state index contributed by atoms with van der Waals surface area (Å²) in [5.74, 6) is 0. The molecule has 0 amide bonds. The molecule has 9 rings (SSSR count). The SMILES string of the molecule is NCNC(NC(C1=CC=CCC1)n1c2ccccc2c2cc3c4c5ccccc5ccc4n(-c4ccccc4)c3cc21)c1ccccc1. The molecule has 5 nitrogen and oxygen atoms in total. The van der Waals surface area contributed by atoms with E-state index in [2.05, 4.69) is 171 Å². The normalized spacial score (nSPS) is 14.7. The highest BCUT2D eigenvalue weighted by atomic mass is 15.3. The van der Waals surface area contributed by atoms with E-state index in [0.717, 1.165) is 24.1 Å². The molecule has 4 N–H and O–H groups in total.